The van der Waals surface area contributed by atoms with Gasteiger partial charge in [0.2, 0.25) is 0 Å². The summed E-state index contributed by atoms with van der Waals surface area (Å²) in [5.74, 6) is 0. The van der Waals surface area contributed by atoms with Gasteiger partial charge in [0, 0.05) is 24.2 Å². The summed E-state index contributed by atoms with van der Waals surface area (Å²) in [6.07, 6.45) is 0. The first-order valence-electron chi connectivity index (χ1n) is 6.14. The van der Waals surface area contributed by atoms with E-state index in [9.17, 15) is 4.79 Å². The van der Waals surface area contributed by atoms with Gasteiger partial charge in [-0.1, -0.05) is 6.04 Å². The third kappa shape index (κ3) is 1.09. The normalized spacial score (nSPS) is 15.9. The lowest BCUT2D eigenvalue weighted by atomic mass is 10.2. The molecular formula is C10H10N2O. The van der Waals surface area contributed by atoms with Crippen molar-refractivity contribution in [2.45, 2.75) is 0 Å². The van der Waals surface area contributed by atoms with E-state index in [1.54, 1.807) is 0 Å². The zero-order chi connectivity index (χ0) is 13.8. The molecular weight excluding hydrogens is 164 g/mol. The molecule has 0 atom stereocenters. The van der Waals surface area contributed by atoms with E-state index in [1.807, 2.05) is 0 Å². The first-order valence-corrected chi connectivity index (χ1v) is 3.64. The predicted molar refractivity (Wildman–Crippen MR) is 53.6 cm³/mol. The second-order valence-electron chi connectivity index (χ2n) is 2.63. The lowest BCUT2D eigenvalue weighted by molar-refractivity contribution is 0.906. The number of nitrogen functional groups attached to an aromatic ring is 1. The summed E-state index contributed by atoms with van der Waals surface area (Å²) in [4.78, 5) is 11.7. The van der Waals surface area contributed by atoms with Crippen LogP contribution in [0.1, 0.15) is 6.85 Å². The van der Waals surface area contributed by atoms with Crippen LogP contribution in [0.15, 0.2) is 35.0 Å². The highest BCUT2D eigenvalue weighted by atomic mass is 16.1. The van der Waals surface area contributed by atoms with Crippen LogP contribution in [0, 0.1) is 0 Å². The number of anilines is 1. The van der Waals surface area contributed by atoms with E-state index in [0.717, 1.165) is 4.57 Å². The lowest BCUT2D eigenvalue weighted by Crippen LogP contribution is -2.15. The van der Waals surface area contributed by atoms with Crippen LogP contribution in [0.2, 0.25) is 0 Å². The number of hydrogen-bond acceptors (Lipinski definition) is 2. The van der Waals surface area contributed by atoms with Crippen molar-refractivity contribution < 1.29 is 6.85 Å². The Bertz CT molecular complexity index is 738. The molecule has 0 bridgehead atoms. The Hall–Kier alpha value is -1.77. The summed E-state index contributed by atoms with van der Waals surface area (Å²) in [5, 5.41) is 0.00750. The molecule has 0 spiro atoms. The van der Waals surface area contributed by atoms with Gasteiger partial charge in [-0.25, -0.2) is 0 Å². The number of rotatable bonds is 0. The van der Waals surface area contributed by atoms with Gasteiger partial charge in [-0.05, 0) is 18.1 Å². The van der Waals surface area contributed by atoms with Crippen molar-refractivity contribution in [3.63, 3.8) is 0 Å². The van der Waals surface area contributed by atoms with Gasteiger partial charge in [-0.3, -0.25) is 4.79 Å². The molecule has 2 aromatic rings. The highest BCUT2D eigenvalue weighted by Crippen LogP contribution is 2.17. The van der Waals surface area contributed by atoms with E-state index in [1.165, 1.54) is 7.05 Å². The van der Waals surface area contributed by atoms with Crippen molar-refractivity contribution >= 4 is 16.6 Å². The van der Waals surface area contributed by atoms with Gasteiger partial charge in [0.1, 0.15) is 0 Å². The summed E-state index contributed by atoms with van der Waals surface area (Å²) in [6.45, 7) is 0. The third-order valence-electron chi connectivity index (χ3n) is 1.82. The zero-order valence-electron chi connectivity index (χ0n) is 11.9. The molecule has 3 nitrogen and oxygen atoms in total. The molecule has 3 heteroatoms. The maximum Gasteiger partial charge on any atom is 0.250 e. The van der Waals surface area contributed by atoms with Crippen LogP contribution in [0.4, 0.5) is 5.69 Å². The molecule has 2 rings (SSSR count). The van der Waals surface area contributed by atoms with Crippen LogP contribution in [0.3, 0.4) is 0 Å². The summed E-state index contributed by atoms with van der Waals surface area (Å²) in [6, 6.07) is -2.04. The fourth-order valence-electron chi connectivity index (χ4n) is 1.09. The maximum atomic E-state index is 11.7. The van der Waals surface area contributed by atoms with E-state index >= 15 is 0 Å². The quantitative estimate of drug-likeness (QED) is 0.616. The number of fused-ring (bicyclic) bond motifs is 1. The highest BCUT2D eigenvalue weighted by Gasteiger charge is 2.00. The average Bonchev–Trinajstić information content (AvgIpc) is 2.35. The van der Waals surface area contributed by atoms with Crippen LogP contribution < -0.4 is 11.3 Å². The van der Waals surface area contributed by atoms with Crippen molar-refractivity contribution in [1.82, 2.24) is 4.57 Å². The molecule has 0 fully saturated rings. The lowest BCUT2D eigenvalue weighted by Gasteiger charge is -2.05. The molecule has 0 radical (unpaired) electrons. The van der Waals surface area contributed by atoms with Crippen LogP contribution in [0.5, 0.6) is 0 Å². The number of aryl methyl sites for hydroxylation is 1. The number of aromatic nitrogens is 1. The Balaban J connectivity index is 3.27. The molecule has 2 N–H and O–H groups in total. The average molecular weight is 179 g/mol. The minimum absolute atomic E-state index is 0.00750. The minimum Gasteiger partial charge on any atom is -0.398 e. The van der Waals surface area contributed by atoms with E-state index in [4.69, 9.17) is 12.6 Å². The topological polar surface area (TPSA) is 48.0 Å². The predicted octanol–water partition coefficient (Wildman–Crippen LogP) is 1.12. The van der Waals surface area contributed by atoms with Crippen LogP contribution >= 0.6 is 0 Å². The fourth-order valence-corrected chi connectivity index (χ4v) is 1.09. The Morgan fingerprint density at radius 1 is 1.38 bits per heavy atom. The molecule has 1 heterocycles. The number of benzene rings is 1. The fraction of sp³-hybridized carbons (Fsp3) is 0.100. The van der Waals surface area contributed by atoms with Gasteiger partial charge in [0.25, 0.3) is 5.56 Å². The second kappa shape index (κ2) is 2.62. The van der Waals surface area contributed by atoms with Crippen molar-refractivity contribution in [3.8, 4) is 0 Å². The van der Waals surface area contributed by atoms with E-state index < -0.39 is 23.7 Å². The van der Waals surface area contributed by atoms with Crippen molar-refractivity contribution in [3.05, 3.63) is 40.6 Å². The first-order chi connectivity index (χ1) is 8.29. The molecule has 66 valence electrons. The van der Waals surface area contributed by atoms with Crippen LogP contribution in [-0.4, -0.2) is 4.57 Å². The van der Waals surface area contributed by atoms with Crippen molar-refractivity contribution in [2.24, 2.45) is 7.05 Å². The summed E-state index contributed by atoms with van der Waals surface area (Å²) < 4.78 is 39.2. The number of nitrogens with two attached hydrogens (primary N) is 1. The summed E-state index contributed by atoms with van der Waals surface area (Å²) in [7, 11) is 1.35. The minimum atomic E-state index is -0.725. The Labute approximate surface area is 82.4 Å². The van der Waals surface area contributed by atoms with Crippen molar-refractivity contribution in [2.75, 3.05) is 5.73 Å². The molecule has 0 amide bonds. The highest BCUT2D eigenvalue weighted by molar-refractivity contribution is 5.90. The van der Waals surface area contributed by atoms with Crippen LogP contribution in [0.25, 0.3) is 10.9 Å². The van der Waals surface area contributed by atoms with Gasteiger partial charge in [0.05, 0.1) is 12.4 Å². The van der Waals surface area contributed by atoms with E-state index in [2.05, 4.69) is 0 Å². The molecule has 1 aromatic heterocycles. The molecule has 0 aliphatic rings. The monoisotopic (exact) mass is 179 g/mol. The van der Waals surface area contributed by atoms with E-state index in [0.29, 0.717) is 0 Å². The van der Waals surface area contributed by atoms with Crippen molar-refractivity contribution in [1.29, 1.82) is 0 Å². The number of nitrogens with zero attached hydrogens (tertiary/aromatic N) is 1. The molecule has 0 unspecified atom stereocenters. The summed E-state index contributed by atoms with van der Waals surface area (Å²) in [5.41, 5.74) is 4.80. The molecule has 1 aromatic carbocycles. The molecule has 0 aliphatic carbocycles. The van der Waals surface area contributed by atoms with E-state index in [-0.39, 0.29) is 28.7 Å². The third-order valence-corrected chi connectivity index (χ3v) is 1.82. The van der Waals surface area contributed by atoms with Gasteiger partial charge in [0.15, 0.2) is 0 Å². The number of hydrogen-bond donors (Lipinski definition) is 1. The molecule has 0 saturated heterocycles. The van der Waals surface area contributed by atoms with Gasteiger partial charge in [-0.15, -0.1) is 0 Å². The standard InChI is InChI=1S/C10H10N2O/c1-12-9-4-2-3-8(11)7(9)5-6-10(12)13/h2-6H,11H2,1H3/i2D,3D,4D,5D,6D. The number of pyridine rings is 1. The second-order valence-corrected chi connectivity index (χ2v) is 2.63. The maximum absolute atomic E-state index is 11.7. The molecule has 0 aliphatic heterocycles. The largest absolute Gasteiger partial charge is 0.398 e. The van der Waals surface area contributed by atoms with Gasteiger partial charge in [-0.2, -0.15) is 0 Å². The molecule has 13 heavy (non-hydrogen) atoms. The smallest absolute Gasteiger partial charge is 0.250 e. The molecule has 0 saturated carbocycles. The van der Waals surface area contributed by atoms with Crippen LogP contribution in [-0.2, 0) is 7.05 Å². The summed E-state index contributed by atoms with van der Waals surface area (Å²) >= 11 is 0. The van der Waals surface area contributed by atoms with Gasteiger partial charge >= 0.3 is 0 Å². The van der Waals surface area contributed by atoms with Gasteiger partial charge < -0.3 is 10.3 Å². The zero-order valence-corrected chi connectivity index (χ0v) is 6.93. The Morgan fingerprint density at radius 2 is 2.15 bits per heavy atom. The first kappa shape index (κ1) is 3.96. The SMILES string of the molecule is [2H]c1c([2H])c([2H])c2c(c([2H])c([2H])c(=O)n2C)c1N. The Morgan fingerprint density at radius 3 is 2.92 bits per heavy atom. The Kier molecular flexibility index (Phi) is 0.799.